The molecule has 5 heteroatoms. The Bertz CT molecular complexity index is 779. The summed E-state index contributed by atoms with van der Waals surface area (Å²) in [4.78, 5) is 20.4. The Hall–Kier alpha value is -1.72. The Balaban J connectivity index is 1.66. The number of thiophene rings is 1. The smallest absolute Gasteiger partial charge is 0.254 e. The second-order valence-corrected chi connectivity index (χ2v) is 7.07. The molecule has 4 rings (SSSR count). The monoisotopic (exact) mass is 314 g/mol. The molecular weight excluding hydrogens is 300 g/mol. The van der Waals surface area contributed by atoms with Crippen LogP contribution in [0, 0.1) is 0 Å². The molecule has 3 heterocycles. The zero-order valence-corrected chi connectivity index (χ0v) is 13.0. The third-order valence-corrected chi connectivity index (χ3v) is 5.73. The van der Waals surface area contributed by atoms with Crippen LogP contribution in [0.2, 0.25) is 0 Å². The van der Waals surface area contributed by atoms with E-state index in [4.69, 9.17) is 0 Å². The van der Waals surface area contributed by atoms with Gasteiger partial charge in [-0.25, -0.2) is 4.98 Å². The minimum atomic E-state index is 0.140. The zero-order chi connectivity index (χ0) is 14.2. The Morgan fingerprint density at radius 2 is 2.24 bits per heavy atom. The molecule has 1 atom stereocenters. The number of thiazole rings is 1. The van der Waals surface area contributed by atoms with Crippen molar-refractivity contribution in [1.29, 1.82) is 0 Å². The molecule has 1 amide bonds. The van der Waals surface area contributed by atoms with Gasteiger partial charge in [0.15, 0.2) is 0 Å². The maximum Gasteiger partial charge on any atom is 0.254 e. The van der Waals surface area contributed by atoms with Gasteiger partial charge in [-0.2, -0.15) is 0 Å². The lowest BCUT2D eigenvalue weighted by Crippen LogP contribution is -2.30. The van der Waals surface area contributed by atoms with Crippen molar-refractivity contribution in [2.45, 2.75) is 18.9 Å². The van der Waals surface area contributed by atoms with E-state index in [1.54, 1.807) is 22.7 Å². The fourth-order valence-corrected chi connectivity index (χ4v) is 4.53. The first-order valence-electron chi connectivity index (χ1n) is 7.00. The highest BCUT2D eigenvalue weighted by molar-refractivity contribution is 7.16. The molecule has 1 saturated heterocycles. The minimum absolute atomic E-state index is 0.140. The molecule has 0 radical (unpaired) electrons. The van der Waals surface area contributed by atoms with Crippen molar-refractivity contribution in [3.05, 3.63) is 51.7 Å². The van der Waals surface area contributed by atoms with Crippen LogP contribution in [0.1, 0.15) is 34.1 Å². The van der Waals surface area contributed by atoms with Gasteiger partial charge in [-0.1, -0.05) is 6.07 Å². The number of carbonyl (C=O) groups excluding carboxylic acids is 1. The van der Waals surface area contributed by atoms with Gasteiger partial charge in [0, 0.05) is 17.0 Å². The topological polar surface area (TPSA) is 33.2 Å². The molecular formula is C16H14N2OS2. The summed E-state index contributed by atoms with van der Waals surface area (Å²) in [7, 11) is 0. The van der Waals surface area contributed by atoms with Crippen molar-refractivity contribution in [3.63, 3.8) is 0 Å². The highest BCUT2D eigenvalue weighted by atomic mass is 32.1. The van der Waals surface area contributed by atoms with Crippen LogP contribution in [0.25, 0.3) is 10.2 Å². The van der Waals surface area contributed by atoms with Crippen molar-refractivity contribution in [2.75, 3.05) is 6.54 Å². The van der Waals surface area contributed by atoms with Gasteiger partial charge in [0.2, 0.25) is 0 Å². The first-order chi connectivity index (χ1) is 10.3. The highest BCUT2D eigenvalue weighted by Gasteiger charge is 2.31. The van der Waals surface area contributed by atoms with Crippen LogP contribution >= 0.6 is 22.7 Å². The largest absolute Gasteiger partial charge is 0.331 e. The standard InChI is InChI=1S/C16H14N2OS2/c19-16(11-5-6-12-15(9-11)21-10-17-12)18-7-1-3-13(18)14-4-2-8-20-14/h2,4-6,8-10,13H,1,3,7H2/t13-/m1/s1. The third-order valence-electron chi connectivity index (χ3n) is 3.96. The van der Waals surface area contributed by atoms with Gasteiger partial charge in [0.1, 0.15) is 0 Å². The summed E-state index contributed by atoms with van der Waals surface area (Å²) in [6.45, 7) is 0.849. The lowest BCUT2D eigenvalue weighted by atomic mass is 10.1. The zero-order valence-electron chi connectivity index (χ0n) is 11.4. The molecule has 0 saturated carbocycles. The number of benzene rings is 1. The summed E-state index contributed by atoms with van der Waals surface area (Å²) in [6, 6.07) is 10.2. The molecule has 106 valence electrons. The number of hydrogen-bond acceptors (Lipinski definition) is 4. The van der Waals surface area contributed by atoms with Gasteiger partial charge in [-0.05, 0) is 42.5 Å². The normalized spacial score (nSPS) is 18.5. The van der Waals surface area contributed by atoms with E-state index in [-0.39, 0.29) is 11.9 Å². The number of nitrogens with zero attached hydrogens (tertiary/aromatic N) is 2. The molecule has 3 nitrogen and oxygen atoms in total. The fourth-order valence-electron chi connectivity index (χ4n) is 2.94. The molecule has 0 N–H and O–H groups in total. The first kappa shape index (κ1) is 13.0. The second kappa shape index (κ2) is 5.24. The van der Waals surface area contributed by atoms with Gasteiger partial charge in [-0.3, -0.25) is 4.79 Å². The minimum Gasteiger partial charge on any atom is -0.331 e. The Morgan fingerprint density at radius 3 is 3.10 bits per heavy atom. The van der Waals surface area contributed by atoms with Gasteiger partial charge < -0.3 is 4.90 Å². The molecule has 0 aliphatic carbocycles. The van der Waals surface area contributed by atoms with Crippen molar-refractivity contribution < 1.29 is 4.79 Å². The SMILES string of the molecule is O=C(c1ccc2ncsc2c1)N1CCC[C@@H]1c1cccs1. The van der Waals surface area contributed by atoms with E-state index in [9.17, 15) is 4.79 Å². The molecule has 2 aromatic heterocycles. The summed E-state index contributed by atoms with van der Waals surface area (Å²) in [5, 5.41) is 2.08. The molecule has 1 aliphatic heterocycles. The van der Waals surface area contributed by atoms with Crippen molar-refractivity contribution in [1.82, 2.24) is 9.88 Å². The number of amides is 1. The fraction of sp³-hybridized carbons (Fsp3) is 0.250. The molecule has 0 unspecified atom stereocenters. The number of rotatable bonds is 2. The summed E-state index contributed by atoms with van der Waals surface area (Å²) < 4.78 is 1.08. The molecule has 1 aliphatic rings. The number of likely N-dealkylation sites (tertiary alicyclic amines) is 1. The van der Waals surface area contributed by atoms with Crippen LogP contribution in [0.5, 0.6) is 0 Å². The van der Waals surface area contributed by atoms with E-state index in [1.165, 1.54) is 4.88 Å². The van der Waals surface area contributed by atoms with Gasteiger partial charge in [0.25, 0.3) is 5.91 Å². The molecule has 21 heavy (non-hydrogen) atoms. The summed E-state index contributed by atoms with van der Waals surface area (Å²) in [6.07, 6.45) is 2.15. The number of aromatic nitrogens is 1. The van der Waals surface area contributed by atoms with Crippen LogP contribution in [-0.4, -0.2) is 22.3 Å². The van der Waals surface area contributed by atoms with Crippen molar-refractivity contribution in [2.24, 2.45) is 0 Å². The van der Waals surface area contributed by atoms with E-state index in [0.29, 0.717) is 0 Å². The molecule has 1 aromatic carbocycles. The predicted molar refractivity (Wildman–Crippen MR) is 87.0 cm³/mol. The highest BCUT2D eigenvalue weighted by Crippen LogP contribution is 2.35. The lowest BCUT2D eigenvalue weighted by Gasteiger charge is -2.24. The predicted octanol–water partition coefficient (Wildman–Crippen LogP) is 4.34. The van der Waals surface area contributed by atoms with Crippen LogP contribution in [0.4, 0.5) is 0 Å². The van der Waals surface area contributed by atoms with Crippen molar-refractivity contribution >= 4 is 38.8 Å². The summed E-state index contributed by atoms with van der Waals surface area (Å²) in [5.74, 6) is 0.140. The van der Waals surface area contributed by atoms with Gasteiger partial charge in [-0.15, -0.1) is 22.7 Å². The van der Waals surface area contributed by atoms with Gasteiger partial charge in [0.05, 0.1) is 21.8 Å². The Kier molecular flexibility index (Phi) is 3.24. The summed E-state index contributed by atoms with van der Waals surface area (Å²) >= 11 is 3.32. The Labute approximate surface area is 130 Å². The van der Waals surface area contributed by atoms with E-state index in [0.717, 1.165) is 35.2 Å². The van der Waals surface area contributed by atoms with E-state index >= 15 is 0 Å². The maximum atomic E-state index is 12.8. The number of fused-ring (bicyclic) bond motifs is 1. The number of hydrogen-bond donors (Lipinski definition) is 0. The molecule has 3 aromatic rings. The van der Waals surface area contributed by atoms with Crippen LogP contribution in [0.15, 0.2) is 41.2 Å². The average Bonchev–Trinajstić information content (AvgIpc) is 3.24. The van der Waals surface area contributed by atoms with E-state index in [2.05, 4.69) is 22.5 Å². The third kappa shape index (κ3) is 2.26. The molecule has 0 bridgehead atoms. The van der Waals surface area contributed by atoms with Crippen LogP contribution in [0.3, 0.4) is 0 Å². The number of carbonyl (C=O) groups is 1. The average molecular weight is 314 g/mol. The van der Waals surface area contributed by atoms with Crippen LogP contribution < -0.4 is 0 Å². The summed E-state index contributed by atoms with van der Waals surface area (Å²) in [5.41, 5.74) is 3.56. The van der Waals surface area contributed by atoms with E-state index in [1.807, 2.05) is 28.6 Å². The van der Waals surface area contributed by atoms with Crippen LogP contribution in [-0.2, 0) is 0 Å². The Morgan fingerprint density at radius 1 is 1.29 bits per heavy atom. The van der Waals surface area contributed by atoms with Crippen molar-refractivity contribution in [3.8, 4) is 0 Å². The van der Waals surface area contributed by atoms with Gasteiger partial charge >= 0.3 is 0 Å². The molecule has 0 spiro atoms. The molecule has 1 fully saturated rings. The first-order valence-corrected chi connectivity index (χ1v) is 8.76. The van der Waals surface area contributed by atoms with E-state index < -0.39 is 0 Å². The second-order valence-electron chi connectivity index (χ2n) is 5.21. The maximum absolute atomic E-state index is 12.8. The quantitative estimate of drug-likeness (QED) is 0.705. The lowest BCUT2D eigenvalue weighted by molar-refractivity contribution is 0.0738.